The lowest BCUT2D eigenvalue weighted by Crippen LogP contribution is -2.47. The fourth-order valence-electron chi connectivity index (χ4n) is 4.22. The van der Waals surface area contributed by atoms with Crippen LogP contribution in [0, 0.1) is 0 Å². The molecule has 0 aromatic carbocycles. The Bertz CT molecular complexity index is 341. The van der Waals surface area contributed by atoms with Gasteiger partial charge in [0, 0.05) is 0 Å². The Morgan fingerprint density at radius 3 is 2.27 bits per heavy atom. The Labute approximate surface area is 142 Å². The first-order chi connectivity index (χ1) is 10.3. The van der Waals surface area contributed by atoms with Crippen molar-refractivity contribution in [3.63, 3.8) is 0 Å². The van der Waals surface area contributed by atoms with Crippen LogP contribution in [0.2, 0.25) is 25.5 Å². The van der Waals surface area contributed by atoms with E-state index in [-0.39, 0.29) is 0 Å². The fraction of sp³-hybridized carbons (Fsp3) is 0.895. The molecule has 0 amide bonds. The van der Waals surface area contributed by atoms with Gasteiger partial charge in [0.25, 0.3) is 0 Å². The van der Waals surface area contributed by atoms with E-state index < -0.39 is 8.07 Å². The van der Waals surface area contributed by atoms with Gasteiger partial charge in [0.15, 0.2) is 0 Å². The van der Waals surface area contributed by atoms with E-state index in [1.165, 1.54) is 50.9 Å². The Hall–Kier alpha value is -0.0182. The minimum atomic E-state index is -1.15. The molecule has 0 saturated heterocycles. The third kappa shape index (κ3) is 5.88. The number of hydrogen-bond donors (Lipinski definition) is 0. The summed E-state index contributed by atoms with van der Waals surface area (Å²) in [7, 11) is -1.15. The van der Waals surface area contributed by atoms with Crippen molar-refractivity contribution >= 4 is 14.9 Å². The maximum atomic E-state index is 2.74. The predicted octanol–water partition coefficient (Wildman–Crippen LogP) is 6.18. The molecule has 0 spiro atoms. The van der Waals surface area contributed by atoms with Gasteiger partial charge in [-0.05, 0) is 24.9 Å². The summed E-state index contributed by atoms with van der Waals surface area (Å²) >= 11 is 0. The zero-order valence-corrected chi connectivity index (χ0v) is 17.4. The molecule has 3 heteroatoms. The minimum absolute atomic E-state index is 0.644. The molecule has 1 aliphatic rings. The molecule has 1 aliphatic heterocycles. The second-order valence-corrected chi connectivity index (χ2v) is 13.4. The van der Waals surface area contributed by atoms with Crippen LogP contribution in [0.3, 0.4) is 0 Å². The highest BCUT2D eigenvalue weighted by Crippen LogP contribution is 2.32. The summed E-state index contributed by atoms with van der Waals surface area (Å²) in [5.74, 6) is 2.73. The van der Waals surface area contributed by atoms with Crippen LogP contribution in [0.25, 0.3) is 0 Å². The number of hydrogen-bond acceptors (Lipinski definition) is 1. The third-order valence-corrected chi connectivity index (χ3v) is 9.20. The van der Waals surface area contributed by atoms with Crippen molar-refractivity contribution in [2.24, 2.45) is 0 Å². The average molecular weight is 321 g/mol. The summed E-state index contributed by atoms with van der Waals surface area (Å²) in [6, 6.07) is 2.78. The number of allylic oxidation sites excluding steroid dienone is 1. The lowest BCUT2D eigenvalue weighted by Gasteiger charge is -2.35. The first-order valence-corrected chi connectivity index (χ1v) is 13.0. The van der Waals surface area contributed by atoms with Crippen LogP contribution in [0.1, 0.15) is 73.1 Å². The van der Waals surface area contributed by atoms with Crippen molar-refractivity contribution in [1.29, 1.82) is 0 Å². The van der Waals surface area contributed by atoms with E-state index in [4.69, 9.17) is 0 Å². The molecule has 0 fully saturated rings. The van der Waals surface area contributed by atoms with Gasteiger partial charge < -0.3 is 4.81 Å². The van der Waals surface area contributed by atoms with Gasteiger partial charge in [0.2, 0.25) is 6.85 Å². The largest absolute Gasteiger partial charge is 0.334 e. The maximum Gasteiger partial charge on any atom is 0.249 e. The highest BCUT2D eigenvalue weighted by atomic mass is 28.3. The van der Waals surface area contributed by atoms with E-state index >= 15 is 0 Å². The smallest absolute Gasteiger partial charge is 0.249 e. The van der Waals surface area contributed by atoms with Crippen molar-refractivity contribution in [3.8, 4) is 0 Å². The highest BCUT2D eigenvalue weighted by molar-refractivity contribution is 6.86. The van der Waals surface area contributed by atoms with Crippen LogP contribution >= 0.6 is 0 Å². The van der Waals surface area contributed by atoms with Gasteiger partial charge in [-0.25, -0.2) is 0 Å². The van der Waals surface area contributed by atoms with Crippen LogP contribution in [-0.2, 0) is 0 Å². The van der Waals surface area contributed by atoms with E-state index in [1.54, 1.807) is 0 Å². The molecule has 0 aliphatic carbocycles. The summed E-state index contributed by atoms with van der Waals surface area (Å²) < 4.78 is 0. The molecular formula is C19H40BNSi. The average Bonchev–Trinajstić information content (AvgIpc) is 2.53. The lowest BCUT2D eigenvalue weighted by molar-refractivity contribution is 0.305. The van der Waals surface area contributed by atoms with Crippen LogP contribution in [0.15, 0.2) is 11.2 Å². The van der Waals surface area contributed by atoms with Crippen molar-refractivity contribution in [2.75, 3.05) is 0 Å². The molecule has 1 rings (SSSR count). The van der Waals surface area contributed by atoms with Gasteiger partial charge in [0.1, 0.15) is 0 Å². The summed E-state index contributed by atoms with van der Waals surface area (Å²) in [6.45, 7) is 17.7. The first kappa shape index (κ1) is 20.0. The summed E-state index contributed by atoms with van der Waals surface area (Å²) in [6.07, 6.45) is 9.74. The molecule has 0 unspecified atom stereocenters. The molecule has 1 nitrogen and oxygen atoms in total. The standard InChI is InChI=1S/C19H40BNSi/c1-8-9-10-11-13-19-16-20(14-12-15-22(19,6)7)21(17(2)3)18(4)5/h16-18H,8-15H2,1-7H3. The van der Waals surface area contributed by atoms with Crippen molar-refractivity contribution < 1.29 is 0 Å². The zero-order chi connectivity index (χ0) is 16.8. The van der Waals surface area contributed by atoms with Crippen LogP contribution in [0.4, 0.5) is 0 Å². The maximum absolute atomic E-state index is 2.74. The minimum Gasteiger partial charge on any atom is -0.334 e. The van der Waals surface area contributed by atoms with Crippen molar-refractivity contribution in [1.82, 2.24) is 4.81 Å². The van der Waals surface area contributed by atoms with Gasteiger partial charge in [-0.15, -0.1) is 5.98 Å². The second-order valence-electron chi connectivity index (χ2n) is 8.48. The van der Waals surface area contributed by atoms with E-state index in [1.807, 2.05) is 5.20 Å². The molecule has 0 aromatic heterocycles. The predicted molar refractivity (Wildman–Crippen MR) is 106 cm³/mol. The summed E-state index contributed by atoms with van der Waals surface area (Å²) in [4.78, 5) is 2.74. The molecule has 0 N–H and O–H groups in total. The molecule has 128 valence electrons. The normalized spacial score (nSPS) is 19.0. The van der Waals surface area contributed by atoms with Gasteiger partial charge in [-0.2, -0.15) is 0 Å². The van der Waals surface area contributed by atoms with Crippen LogP contribution in [-0.4, -0.2) is 31.8 Å². The highest BCUT2D eigenvalue weighted by Gasteiger charge is 2.33. The number of nitrogens with zero attached hydrogens (tertiary/aromatic N) is 1. The van der Waals surface area contributed by atoms with Crippen molar-refractivity contribution in [2.45, 2.75) is 111 Å². The Kier molecular flexibility index (Phi) is 8.48. The first-order valence-electron chi connectivity index (χ1n) is 9.78. The molecule has 0 radical (unpaired) electrons. The Balaban J connectivity index is 2.89. The summed E-state index contributed by atoms with van der Waals surface area (Å²) in [5.41, 5.74) is 0. The van der Waals surface area contributed by atoms with E-state index in [2.05, 4.69) is 58.5 Å². The van der Waals surface area contributed by atoms with Gasteiger partial charge >= 0.3 is 0 Å². The molecule has 0 bridgehead atoms. The van der Waals surface area contributed by atoms with Crippen LogP contribution < -0.4 is 0 Å². The Morgan fingerprint density at radius 2 is 1.73 bits per heavy atom. The van der Waals surface area contributed by atoms with E-state index in [0.29, 0.717) is 18.9 Å². The van der Waals surface area contributed by atoms with Gasteiger partial charge in [-0.3, -0.25) is 0 Å². The number of rotatable bonds is 8. The molecule has 0 aromatic rings. The van der Waals surface area contributed by atoms with E-state index in [0.717, 1.165) is 0 Å². The molecule has 22 heavy (non-hydrogen) atoms. The molecule has 1 heterocycles. The Morgan fingerprint density at radius 1 is 1.09 bits per heavy atom. The zero-order valence-electron chi connectivity index (χ0n) is 16.4. The quantitative estimate of drug-likeness (QED) is 0.381. The van der Waals surface area contributed by atoms with Crippen LogP contribution in [0.5, 0.6) is 0 Å². The van der Waals surface area contributed by atoms with Crippen molar-refractivity contribution in [3.05, 3.63) is 11.2 Å². The number of unbranched alkanes of at least 4 members (excludes halogenated alkanes) is 3. The SMILES string of the molecule is CCCCCCC1=CB(N(C(C)C)C(C)C)CCC[Si]1(C)C. The molecule has 0 saturated carbocycles. The molecular weight excluding hydrogens is 281 g/mol. The fourth-order valence-corrected chi connectivity index (χ4v) is 7.12. The second kappa shape index (κ2) is 9.32. The van der Waals surface area contributed by atoms with E-state index in [9.17, 15) is 0 Å². The lowest BCUT2D eigenvalue weighted by atomic mass is 9.55. The monoisotopic (exact) mass is 321 g/mol. The third-order valence-electron chi connectivity index (χ3n) is 5.44. The molecule has 0 atom stereocenters. The summed E-state index contributed by atoms with van der Waals surface area (Å²) in [5, 5.41) is 1.87. The van der Waals surface area contributed by atoms with Gasteiger partial charge in [-0.1, -0.05) is 91.0 Å². The topological polar surface area (TPSA) is 3.24 Å². The van der Waals surface area contributed by atoms with Gasteiger partial charge in [0.05, 0.1) is 8.07 Å².